The number of carbonyl (C=O) groups excluding carboxylic acids is 1. The largest absolute Gasteiger partial charge is 0.506 e. The van der Waals surface area contributed by atoms with Gasteiger partial charge in [0.15, 0.2) is 0 Å². The monoisotopic (exact) mass is 366 g/mol. The molecule has 6 nitrogen and oxygen atoms in total. The van der Waals surface area contributed by atoms with E-state index >= 15 is 0 Å². The molecule has 6 heteroatoms. The van der Waals surface area contributed by atoms with Crippen molar-refractivity contribution < 1.29 is 14.6 Å². The number of anilines is 1. The molecule has 0 aliphatic rings. The van der Waals surface area contributed by atoms with E-state index in [2.05, 4.69) is 5.32 Å². The zero-order chi connectivity index (χ0) is 19.4. The van der Waals surface area contributed by atoms with E-state index in [0.29, 0.717) is 28.9 Å². The first-order valence-corrected chi connectivity index (χ1v) is 8.87. The zero-order valence-corrected chi connectivity index (χ0v) is 15.4. The van der Waals surface area contributed by atoms with E-state index < -0.39 is 11.5 Å². The quantitative estimate of drug-likeness (QED) is 0.696. The first-order chi connectivity index (χ1) is 13.1. The number of benzene rings is 2. The van der Waals surface area contributed by atoms with Crippen molar-refractivity contribution in [1.82, 2.24) is 4.57 Å². The van der Waals surface area contributed by atoms with Gasteiger partial charge in [0.2, 0.25) is 0 Å². The van der Waals surface area contributed by atoms with Gasteiger partial charge in [0.25, 0.3) is 11.5 Å². The summed E-state index contributed by atoms with van der Waals surface area (Å²) in [6.45, 7) is 2.51. The highest BCUT2D eigenvalue weighted by Crippen LogP contribution is 2.28. The predicted molar refractivity (Wildman–Crippen MR) is 106 cm³/mol. The maximum Gasteiger partial charge on any atom is 0.267 e. The van der Waals surface area contributed by atoms with Crippen LogP contribution in [0.25, 0.3) is 10.9 Å². The smallest absolute Gasteiger partial charge is 0.267 e. The summed E-state index contributed by atoms with van der Waals surface area (Å²) in [5, 5.41) is 13.8. The minimum atomic E-state index is -0.669. The minimum Gasteiger partial charge on any atom is -0.506 e. The van der Waals surface area contributed by atoms with Gasteiger partial charge in [-0.25, -0.2) is 0 Å². The van der Waals surface area contributed by atoms with Crippen molar-refractivity contribution >= 4 is 22.5 Å². The second-order valence-electron chi connectivity index (χ2n) is 6.21. The fourth-order valence-corrected chi connectivity index (χ4v) is 3.07. The number of nitrogens with zero attached hydrogens (tertiary/aromatic N) is 1. The van der Waals surface area contributed by atoms with Crippen molar-refractivity contribution in [3.05, 3.63) is 64.4 Å². The molecule has 2 N–H and O–H groups in total. The van der Waals surface area contributed by atoms with Gasteiger partial charge in [0.05, 0.1) is 18.3 Å². The van der Waals surface area contributed by atoms with Crippen LogP contribution in [0.5, 0.6) is 11.5 Å². The molecule has 0 unspecified atom stereocenters. The van der Waals surface area contributed by atoms with Gasteiger partial charge in [-0.15, -0.1) is 0 Å². The number of para-hydroxylation sites is 3. The normalized spacial score (nSPS) is 10.7. The number of unbranched alkanes of at least 4 members (excludes halogenated alkanes) is 1. The second kappa shape index (κ2) is 7.95. The molecule has 3 rings (SSSR count). The van der Waals surface area contributed by atoms with Crippen LogP contribution in [0.3, 0.4) is 0 Å². The van der Waals surface area contributed by atoms with E-state index in [1.165, 1.54) is 7.11 Å². The van der Waals surface area contributed by atoms with Gasteiger partial charge in [-0.05, 0) is 30.7 Å². The Morgan fingerprint density at radius 2 is 1.85 bits per heavy atom. The van der Waals surface area contributed by atoms with Gasteiger partial charge in [0.1, 0.15) is 17.1 Å². The zero-order valence-electron chi connectivity index (χ0n) is 15.4. The number of hydrogen-bond acceptors (Lipinski definition) is 4. The summed E-state index contributed by atoms with van der Waals surface area (Å²) in [5.41, 5.74) is 0.266. The van der Waals surface area contributed by atoms with Crippen molar-refractivity contribution in [3.8, 4) is 11.5 Å². The second-order valence-corrected chi connectivity index (χ2v) is 6.21. The summed E-state index contributed by atoms with van der Waals surface area (Å²) in [7, 11) is 1.50. The molecule has 0 aliphatic carbocycles. The number of methoxy groups -OCH3 is 1. The Morgan fingerprint density at radius 3 is 2.59 bits per heavy atom. The fourth-order valence-electron chi connectivity index (χ4n) is 3.07. The number of amides is 1. The molecule has 140 valence electrons. The lowest BCUT2D eigenvalue weighted by atomic mass is 10.1. The Morgan fingerprint density at radius 1 is 1.15 bits per heavy atom. The van der Waals surface area contributed by atoms with E-state index in [0.717, 1.165) is 12.8 Å². The number of pyridine rings is 1. The third-order valence-electron chi connectivity index (χ3n) is 4.46. The van der Waals surface area contributed by atoms with Crippen molar-refractivity contribution in [1.29, 1.82) is 0 Å². The van der Waals surface area contributed by atoms with Crippen LogP contribution in [0, 0.1) is 0 Å². The Hall–Kier alpha value is -3.28. The Labute approximate surface area is 157 Å². The number of ether oxygens (including phenoxy) is 1. The van der Waals surface area contributed by atoms with Crippen LogP contribution in [0.15, 0.2) is 53.3 Å². The van der Waals surface area contributed by atoms with Crippen molar-refractivity contribution in [3.63, 3.8) is 0 Å². The number of aromatic hydroxyl groups is 1. The molecule has 2 aromatic carbocycles. The van der Waals surface area contributed by atoms with Crippen LogP contribution < -0.4 is 15.6 Å². The molecular weight excluding hydrogens is 344 g/mol. The van der Waals surface area contributed by atoms with Gasteiger partial charge in [-0.3, -0.25) is 9.59 Å². The van der Waals surface area contributed by atoms with Crippen LogP contribution >= 0.6 is 0 Å². The Kier molecular flexibility index (Phi) is 5.45. The van der Waals surface area contributed by atoms with Gasteiger partial charge >= 0.3 is 0 Å². The number of aryl methyl sites for hydroxylation is 1. The van der Waals surface area contributed by atoms with E-state index in [9.17, 15) is 14.7 Å². The predicted octanol–water partition coefficient (Wildman–Crippen LogP) is 3.77. The molecule has 27 heavy (non-hydrogen) atoms. The van der Waals surface area contributed by atoms with Gasteiger partial charge in [-0.1, -0.05) is 37.6 Å². The first kappa shape index (κ1) is 18.5. The standard InChI is InChI=1S/C21H22N2O4/c1-3-4-13-23-16-11-7-5-9-14(16)19(24)18(21(23)26)20(25)22-15-10-6-8-12-17(15)27-2/h5-12,24H,3-4,13H2,1-2H3,(H,22,25). The summed E-state index contributed by atoms with van der Waals surface area (Å²) < 4.78 is 6.78. The summed E-state index contributed by atoms with van der Waals surface area (Å²) in [6, 6.07) is 13.9. The van der Waals surface area contributed by atoms with Crippen molar-refractivity contribution in [2.24, 2.45) is 0 Å². The summed E-state index contributed by atoms with van der Waals surface area (Å²) in [5.74, 6) is -0.508. The molecule has 0 fully saturated rings. The highest BCUT2D eigenvalue weighted by atomic mass is 16.5. The lowest BCUT2D eigenvalue weighted by molar-refractivity contribution is 0.102. The molecular formula is C21H22N2O4. The summed E-state index contributed by atoms with van der Waals surface area (Å²) in [6.07, 6.45) is 1.70. The lowest BCUT2D eigenvalue weighted by Crippen LogP contribution is -2.30. The van der Waals surface area contributed by atoms with E-state index in [-0.39, 0.29) is 11.3 Å². The van der Waals surface area contributed by atoms with Crippen molar-refractivity contribution in [2.45, 2.75) is 26.3 Å². The van der Waals surface area contributed by atoms with Crippen molar-refractivity contribution in [2.75, 3.05) is 12.4 Å². The number of fused-ring (bicyclic) bond motifs is 1. The van der Waals surface area contributed by atoms with Gasteiger partial charge in [0, 0.05) is 11.9 Å². The summed E-state index contributed by atoms with van der Waals surface area (Å²) in [4.78, 5) is 25.9. The van der Waals surface area contributed by atoms with Crippen LogP contribution in [-0.2, 0) is 6.54 Å². The number of rotatable bonds is 6. The SMILES string of the molecule is CCCCn1c(=O)c(C(=O)Nc2ccccc2OC)c(O)c2ccccc21. The first-order valence-electron chi connectivity index (χ1n) is 8.87. The van der Waals surface area contributed by atoms with Crippen LogP contribution in [-0.4, -0.2) is 22.7 Å². The number of carbonyl (C=O) groups is 1. The Balaban J connectivity index is 2.13. The van der Waals surface area contributed by atoms with Crippen LogP contribution in [0.2, 0.25) is 0 Å². The molecule has 0 saturated heterocycles. The van der Waals surface area contributed by atoms with Gasteiger partial charge < -0.3 is 19.7 Å². The number of nitrogens with one attached hydrogen (secondary N) is 1. The van der Waals surface area contributed by atoms with E-state index in [1.807, 2.05) is 6.92 Å². The number of hydrogen-bond donors (Lipinski definition) is 2. The van der Waals surface area contributed by atoms with E-state index in [1.54, 1.807) is 53.1 Å². The molecule has 0 bridgehead atoms. The summed E-state index contributed by atoms with van der Waals surface area (Å²) >= 11 is 0. The van der Waals surface area contributed by atoms with Gasteiger partial charge in [-0.2, -0.15) is 0 Å². The van der Waals surface area contributed by atoms with E-state index in [4.69, 9.17) is 4.74 Å². The van der Waals surface area contributed by atoms with Crippen LogP contribution in [0.1, 0.15) is 30.1 Å². The average Bonchev–Trinajstić information content (AvgIpc) is 2.68. The fraction of sp³-hybridized carbons (Fsp3) is 0.238. The molecule has 1 heterocycles. The highest BCUT2D eigenvalue weighted by Gasteiger charge is 2.22. The molecule has 0 atom stereocenters. The Bertz CT molecular complexity index is 1040. The third-order valence-corrected chi connectivity index (χ3v) is 4.46. The molecule has 0 saturated carbocycles. The molecule has 1 amide bonds. The molecule has 0 radical (unpaired) electrons. The number of aromatic nitrogens is 1. The lowest BCUT2D eigenvalue weighted by Gasteiger charge is -2.15. The topological polar surface area (TPSA) is 80.6 Å². The minimum absolute atomic E-state index is 0.268. The maximum atomic E-state index is 13.0. The molecule has 0 aliphatic heterocycles. The maximum absolute atomic E-state index is 13.0. The van der Waals surface area contributed by atoms with Crippen LogP contribution in [0.4, 0.5) is 5.69 Å². The molecule has 0 spiro atoms. The highest BCUT2D eigenvalue weighted by molar-refractivity contribution is 6.09. The average molecular weight is 366 g/mol. The third kappa shape index (κ3) is 3.51. The molecule has 1 aromatic heterocycles. The molecule has 3 aromatic rings.